The normalized spacial score (nSPS) is 10.9. The fraction of sp³-hybridized carbons (Fsp3) is 0.158. The topological polar surface area (TPSA) is 65.7 Å². The van der Waals surface area contributed by atoms with Crippen molar-refractivity contribution in [2.45, 2.75) is 17.8 Å². The highest BCUT2D eigenvalue weighted by Crippen LogP contribution is 2.29. The Labute approximate surface area is 169 Å². The molecule has 0 aliphatic heterocycles. The van der Waals surface area contributed by atoms with E-state index >= 15 is 0 Å². The molecule has 142 valence electrons. The summed E-state index contributed by atoms with van der Waals surface area (Å²) in [6.07, 6.45) is 0. The Morgan fingerprint density at radius 1 is 1.18 bits per heavy atom. The summed E-state index contributed by atoms with van der Waals surface area (Å²) < 4.78 is 20.5. The number of aromatic nitrogens is 5. The van der Waals surface area contributed by atoms with Gasteiger partial charge in [0.1, 0.15) is 16.6 Å². The van der Waals surface area contributed by atoms with Gasteiger partial charge in [-0.3, -0.25) is 0 Å². The van der Waals surface area contributed by atoms with E-state index in [4.69, 9.17) is 9.72 Å². The lowest BCUT2D eigenvalue weighted by Gasteiger charge is -2.03. The van der Waals surface area contributed by atoms with Gasteiger partial charge in [0, 0.05) is 16.7 Å². The lowest BCUT2D eigenvalue weighted by atomic mass is 10.2. The molecule has 0 atom stereocenters. The van der Waals surface area contributed by atoms with Crippen LogP contribution in [0.25, 0.3) is 16.3 Å². The largest absolute Gasteiger partial charge is 0.494 e. The van der Waals surface area contributed by atoms with Crippen LogP contribution in [-0.4, -0.2) is 31.8 Å². The number of thiazole rings is 1. The van der Waals surface area contributed by atoms with E-state index in [-0.39, 0.29) is 5.82 Å². The second-order valence-electron chi connectivity index (χ2n) is 5.74. The van der Waals surface area contributed by atoms with E-state index in [1.165, 1.54) is 28.6 Å². The van der Waals surface area contributed by atoms with Crippen molar-refractivity contribution in [2.24, 2.45) is 0 Å². The first-order valence-electron chi connectivity index (χ1n) is 8.57. The minimum Gasteiger partial charge on any atom is -0.494 e. The van der Waals surface area contributed by atoms with Crippen molar-refractivity contribution in [1.82, 2.24) is 25.2 Å². The summed E-state index contributed by atoms with van der Waals surface area (Å²) >= 11 is 3.04. The van der Waals surface area contributed by atoms with Gasteiger partial charge in [-0.15, -0.1) is 16.4 Å². The number of halogens is 1. The van der Waals surface area contributed by atoms with Crippen molar-refractivity contribution >= 4 is 23.1 Å². The molecule has 0 bridgehead atoms. The van der Waals surface area contributed by atoms with Gasteiger partial charge in [-0.25, -0.2) is 9.37 Å². The van der Waals surface area contributed by atoms with Gasteiger partial charge in [0.15, 0.2) is 0 Å². The predicted octanol–water partition coefficient (Wildman–Crippen LogP) is 4.62. The maximum atomic E-state index is 13.5. The van der Waals surface area contributed by atoms with Gasteiger partial charge in [-0.2, -0.15) is 4.68 Å². The van der Waals surface area contributed by atoms with Crippen LogP contribution in [0.4, 0.5) is 4.39 Å². The first-order chi connectivity index (χ1) is 13.7. The van der Waals surface area contributed by atoms with Crippen LogP contribution < -0.4 is 4.74 Å². The standard InChI is InChI=1S/C19H16FN5OS2/c1-2-26-17-8-6-13(7-9-17)18-21-15(11-27-18)12-28-19-22-23-24-25(19)16-5-3-4-14(20)10-16/h3-11H,2,12H2,1H3. The summed E-state index contributed by atoms with van der Waals surface area (Å²) in [4.78, 5) is 4.69. The highest BCUT2D eigenvalue weighted by molar-refractivity contribution is 7.98. The molecule has 0 aliphatic carbocycles. The molecule has 0 fully saturated rings. The lowest BCUT2D eigenvalue weighted by molar-refractivity contribution is 0.340. The molecule has 2 aromatic carbocycles. The number of ether oxygens (including phenoxy) is 1. The second kappa shape index (κ2) is 8.49. The summed E-state index contributed by atoms with van der Waals surface area (Å²) in [6.45, 7) is 2.61. The first kappa shape index (κ1) is 18.6. The van der Waals surface area contributed by atoms with Gasteiger partial charge in [-0.1, -0.05) is 17.8 Å². The van der Waals surface area contributed by atoms with Crippen LogP contribution in [-0.2, 0) is 5.75 Å². The molecule has 0 aliphatic rings. The van der Waals surface area contributed by atoms with Crippen LogP contribution in [0.3, 0.4) is 0 Å². The summed E-state index contributed by atoms with van der Waals surface area (Å²) in [5.41, 5.74) is 2.57. The van der Waals surface area contributed by atoms with E-state index in [1.807, 2.05) is 36.6 Å². The SMILES string of the molecule is CCOc1ccc(-c2nc(CSc3nnnn3-c3cccc(F)c3)cs2)cc1. The van der Waals surface area contributed by atoms with E-state index in [9.17, 15) is 4.39 Å². The Balaban J connectivity index is 1.45. The molecule has 6 nitrogen and oxygen atoms in total. The monoisotopic (exact) mass is 413 g/mol. The Bertz CT molecular complexity index is 1060. The zero-order valence-electron chi connectivity index (χ0n) is 14.9. The maximum absolute atomic E-state index is 13.5. The molecule has 0 amide bonds. The molecule has 0 saturated heterocycles. The molecule has 2 heterocycles. The quantitative estimate of drug-likeness (QED) is 0.412. The third kappa shape index (κ3) is 4.20. The minimum absolute atomic E-state index is 0.330. The van der Waals surface area contributed by atoms with Crippen LogP contribution in [0.1, 0.15) is 12.6 Å². The average Bonchev–Trinajstić information content (AvgIpc) is 3.37. The van der Waals surface area contributed by atoms with Crippen LogP contribution in [0.5, 0.6) is 5.75 Å². The molecule has 4 aromatic rings. The van der Waals surface area contributed by atoms with E-state index in [0.29, 0.717) is 23.2 Å². The molecule has 28 heavy (non-hydrogen) atoms. The average molecular weight is 414 g/mol. The minimum atomic E-state index is -0.330. The van der Waals surface area contributed by atoms with E-state index in [0.717, 1.165) is 22.0 Å². The van der Waals surface area contributed by atoms with Gasteiger partial charge in [0.25, 0.3) is 0 Å². The summed E-state index contributed by atoms with van der Waals surface area (Å²) in [6, 6.07) is 14.1. The van der Waals surface area contributed by atoms with E-state index in [1.54, 1.807) is 23.5 Å². The van der Waals surface area contributed by atoms with Crippen LogP contribution in [0, 0.1) is 5.82 Å². The predicted molar refractivity (Wildman–Crippen MR) is 107 cm³/mol. The number of thioether (sulfide) groups is 1. The smallest absolute Gasteiger partial charge is 0.214 e. The van der Waals surface area contributed by atoms with Gasteiger partial charge >= 0.3 is 0 Å². The number of rotatable bonds is 7. The summed E-state index contributed by atoms with van der Waals surface area (Å²) in [7, 11) is 0. The van der Waals surface area contributed by atoms with Crippen molar-refractivity contribution in [2.75, 3.05) is 6.61 Å². The Morgan fingerprint density at radius 2 is 2.04 bits per heavy atom. The molecule has 2 aromatic heterocycles. The number of hydrogen-bond donors (Lipinski definition) is 0. The highest BCUT2D eigenvalue weighted by Gasteiger charge is 2.12. The van der Waals surface area contributed by atoms with E-state index < -0.39 is 0 Å². The number of nitrogens with zero attached hydrogens (tertiary/aromatic N) is 5. The van der Waals surface area contributed by atoms with Gasteiger partial charge in [0.05, 0.1) is 18.0 Å². The third-order valence-electron chi connectivity index (χ3n) is 3.81. The Kier molecular flexibility index (Phi) is 5.63. The molecular formula is C19H16FN5OS2. The highest BCUT2D eigenvalue weighted by atomic mass is 32.2. The Morgan fingerprint density at radius 3 is 2.82 bits per heavy atom. The molecule has 0 radical (unpaired) electrons. The zero-order chi connectivity index (χ0) is 19.3. The summed E-state index contributed by atoms with van der Waals surface area (Å²) in [5, 5.41) is 15.2. The third-order valence-corrected chi connectivity index (χ3v) is 5.70. The number of tetrazole rings is 1. The van der Waals surface area contributed by atoms with E-state index in [2.05, 4.69) is 15.5 Å². The number of benzene rings is 2. The molecule has 4 rings (SSSR count). The molecular weight excluding hydrogens is 397 g/mol. The van der Waals surface area contributed by atoms with Crippen LogP contribution in [0.2, 0.25) is 0 Å². The molecule has 0 N–H and O–H groups in total. The molecule has 0 unspecified atom stereocenters. The molecule has 0 spiro atoms. The maximum Gasteiger partial charge on any atom is 0.214 e. The van der Waals surface area contributed by atoms with Crippen LogP contribution in [0.15, 0.2) is 59.1 Å². The van der Waals surface area contributed by atoms with Crippen LogP contribution >= 0.6 is 23.1 Å². The Hall–Kier alpha value is -2.78. The number of hydrogen-bond acceptors (Lipinski definition) is 7. The van der Waals surface area contributed by atoms with Crippen molar-refractivity contribution < 1.29 is 9.13 Å². The fourth-order valence-electron chi connectivity index (χ4n) is 2.54. The molecule has 9 heteroatoms. The zero-order valence-corrected chi connectivity index (χ0v) is 16.6. The van der Waals surface area contributed by atoms with Gasteiger partial charge in [0.2, 0.25) is 5.16 Å². The van der Waals surface area contributed by atoms with Crippen molar-refractivity contribution in [3.05, 3.63) is 65.4 Å². The summed E-state index contributed by atoms with van der Waals surface area (Å²) in [5.74, 6) is 1.13. The fourth-order valence-corrected chi connectivity index (χ4v) is 4.26. The van der Waals surface area contributed by atoms with Crippen molar-refractivity contribution in [1.29, 1.82) is 0 Å². The van der Waals surface area contributed by atoms with Gasteiger partial charge < -0.3 is 4.74 Å². The van der Waals surface area contributed by atoms with Crippen molar-refractivity contribution in [3.8, 4) is 22.0 Å². The second-order valence-corrected chi connectivity index (χ2v) is 7.54. The van der Waals surface area contributed by atoms with Gasteiger partial charge in [-0.05, 0) is 59.8 Å². The van der Waals surface area contributed by atoms with Crippen molar-refractivity contribution in [3.63, 3.8) is 0 Å². The lowest BCUT2D eigenvalue weighted by Crippen LogP contribution is -1.99. The first-order valence-corrected chi connectivity index (χ1v) is 10.4. The molecule has 0 saturated carbocycles.